The summed E-state index contributed by atoms with van der Waals surface area (Å²) in [5.74, 6) is -0.694. The Morgan fingerprint density at radius 2 is 1.72 bits per heavy atom. The van der Waals surface area contributed by atoms with Crippen LogP contribution in [-0.2, 0) is 6.42 Å². The van der Waals surface area contributed by atoms with E-state index in [4.69, 9.17) is 33.1 Å². The summed E-state index contributed by atoms with van der Waals surface area (Å²) in [5, 5.41) is 27.1. The molecule has 2 N–H and O–H groups in total. The molecule has 0 saturated heterocycles. The zero-order valence-corrected chi connectivity index (χ0v) is 10.1. The zero-order chi connectivity index (χ0) is 13.5. The van der Waals surface area contributed by atoms with Crippen LogP contribution in [0.4, 0.5) is 0 Å². The second-order valence-corrected chi connectivity index (χ2v) is 4.00. The van der Waals surface area contributed by atoms with Crippen molar-refractivity contribution in [3.63, 3.8) is 0 Å². The van der Waals surface area contributed by atoms with Crippen LogP contribution in [-0.4, -0.2) is 0 Å². The van der Waals surface area contributed by atoms with Gasteiger partial charge in [-0.3, -0.25) is 0 Å². The van der Waals surface area contributed by atoms with Gasteiger partial charge in [-0.2, -0.15) is 15.8 Å². The molecule has 18 heavy (non-hydrogen) atoms. The van der Waals surface area contributed by atoms with Gasteiger partial charge in [0.15, 0.2) is 0 Å². The predicted molar refractivity (Wildman–Crippen MR) is 66.7 cm³/mol. The van der Waals surface area contributed by atoms with Gasteiger partial charge in [0.1, 0.15) is 17.7 Å². The highest BCUT2D eigenvalue weighted by Crippen LogP contribution is 2.17. The highest BCUT2D eigenvalue weighted by atomic mass is 35.5. The van der Waals surface area contributed by atoms with Gasteiger partial charge >= 0.3 is 0 Å². The molecule has 0 bridgehead atoms. The second-order valence-electron chi connectivity index (χ2n) is 3.57. The Balaban J connectivity index is 2.98. The van der Waals surface area contributed by atoms with Crippen molar-refractivity contribution in [1.82, 2.24) is 0 Å². The first kappa shape index (κ1) is 13.6. The van der Waals surface area contributed by atoms with Gasteiger partial charge in [-0.15, -0.1) is 0 Å². The lowest BCUT2D eigenvalue weighted by atomic mass is 9.95. The van der Waals surface area contributed by atoms with Crippen LogP contribution >= 0.6 is 11.6 Å². The summed E-state index contributed by atoms with van der Waals surface area (Å²) in [6, 6.07) is 12.3. The Labute approximate surface area is 110 Å². The van der Waals surface area contributed by atoms with E-state index in [1.54, 1.807) is 36.4 Å². The molecule has 1 atom stereocenters. The Morgan fingerprint density at radius 3 is 2.17 bits per heavy atom. The molecule has 0 saturated carbocycles. The quantitative estimate of drug-likeness (QED) is 0.839. The molecule has 1 aromatic rings. The molecule has 0 spiro atoms. The Kier molecular flexibility index (Phi) is 4.76. The number of nitrogens with two attached hydrogens (primary N) is 1. The Hall–Kier alpha value is -2.48. The van der Waals surface area contributed by atoms with Crippen LogP contribution in [0.1, 0.15) is 5.56 Å². The minimum absolute atomic E-state index is 0.0115. The molecule has 5 heteroatoms. The van der Waals surface area contributed by atoms with E-state index < -0.39 is 5.92 Å². The van der Waals surface area contributed by atoms with Gasteiger partial charge in [0, 0.05) is 5.02 Å². The van der Waals surface area contributed by atoms with Crippen molar-refractivity contribution in [2.45, 2.75) is 6.42 Å². The summed E-state index contributed by atoms with van der Waals surface area (Å²) in [6.45, 7) is 0. The molecule has 0 radical (unpaired) electrons. The fraction of sp³-hybridized carbons (Fsp3) is 0.154. The summed E-state index contributed by atoms with van der Waals surface area (Å²) in [7, 11) is 0. The Bertz CT molecular complexity index is 565. The van der Waals surface area contributed by atoms with Gasteiger partial charge in [-0.25, -0.2) is 0 Å². The molecule has 0 heterocycles. The van der Waals surface area contributed by atoms with E-state index in [0.717, 1.165) is 5.56 Å². The van der Waals surface area contributed by atoms with E-state index in [1.165, 1.54) is 0 Å². The third-order valence-electron chi connectivity index (χ3n) is 2.40. The van der Waals surface area contributed by atoms with Crippen molar-refractivity contribution in [3.8, 4) is 18.2 Å². The molecular formula is C13H9ClN4. The number of nitrogens with zero attached hydrogens (tertiary/aromatic N) is 3. The van der Waals surface area contributed by atoms with Crippen LogP contribution in [0, 0.1) is 39.9 Å². The lowest BCUT2D eigenvalue weighted by Crippen LogP contribution is -2.15. The van der Waals surface area contributed by atoms with E-state index in [1.807, 2.05) is 6.07 Å². The summed E-state index contributed by atoms with van der Waals surface area (Å²) in [4.78, 5) is 0. The first-order chi connectivity index (χ1) is 8.62. The van der Waals surface area contributed by atoms with Crippen molar-refractivity contribution < 1.29 is 0 Å². The lowest BCUT2D eigenvalue weighted by molar-refractivity contribution is 0.753. The molecule has 4 nitrogen and oxygen atoms in total. The second kappa shape index (κ2) is 6.30. The zero-order valence-electron chi connectivity index (χ0n) is 9.39. The van der Waals surface area contributed by atoms with Crippen LogP contribution in [0.5, 0.6) is 0 Å². The molecule has 1 unspecified atom stereocenters. The van der Waals surface area contributed by atoms with Crippen LogP contribution in [0.15, 0.2) is 35.5 Å². The van der Waals surface area contributed by atoms with Crippen LogP contribution < -0.4 is 5.73 Å². The van der Waals surface area contributed by atoms with Crippen molar-refractivity contribution >= 4 is 11.6 Å². The highest BCUT2D eigenvalue weighted by molar-refractivity contribution is 6.30. The van der Waals surface area contributed by atoms with Gasteiger partial charge in [-0.1, -0.05) is 23.7 Å². The summed E-state index contributed by atoms with van der Waals surface area (Å²) >= 11 is 5.75. The summed E-state index contributed by atoms with van der Waals surface area (Å²) in [5.41, 5.74) is 6.32. The first-order valence-corrected chi connectivity index (χ1v) is 5.44. The number of benzene rings is 1. The van der Waals surface area contributed by atoms with E-state index in [-0.39, 0.29) is 11.3 Å². The molecule has 0 aliphatic carbocycles. The number of hydrogen-bond donors (Lipinski definition) is 1. The Morgan fingerprint density at radius 1 is 1.17 bits per heavy atom. The van der Waals surface area contributed by atoms with Crippen molar-refractivity contribution in [3.05, 3.63) is 46.1 Å². The number of nitriles is 3. The maximum Gasteiger partial charge on any atom is 0.149 e. The molecular weight excluding hydrogens is 248 g/mol. The van der Waals surface area contributed by atoms with Crippen LogP contribution in [0.25, 0.3) is 0 Å². The topological polar surface area (TPSA) is 97.4 Å². The molecule has 0 aromatic heterocycles. The van der Waals surface area contributed by atoms with E-state index in [2.05, 4.69) is 0 Å². The molecule has 0 aliphatic heterocycles. The monoisotopic (exact) mass is 256 g/mol. The van der Waals surface area contributed by atoms with Gasteiger partial charge in [-0.05, 0) is 24.1 Å². The van der Waals surface area contributed by atoms with Crippen molar-refractivity contribution in [1.29, 1.82) is 15.8 Å². The van der Waals surface area contributed by atoms with Gasteiger partial charge in [0.25, 0.3) is 0 Å². The summed E-state index contributed by atoms with van der Waals surface area (Å²) < 4.78 is 0. The maximum atomic E-state index is 9.04. The largest absolute Gasteiger partial charge is 0.399 e. The predicted octanol–water partition coefficient (Wildman–Crippen LogP) is 2.28. The van der Waals surface area contributed by atoms with Gasteiger partial charge in [0.05, 0.1) is 17.7 Å². The van der Waals surface area contributed by atoms with Gasteiger partial charge < -0.3 is 5.73 Å². The minimum Gasteiger partial charge on any atom is -0.399 e. The lowest BCUT2D eigenvalue weighted by Gasteiger charge is -2.09. The highest BCUT2D eigenvalue weighted by Gasteiger charge is 2.16. The smallest absolute Gasteiger partial charge is 0.149 e. The average molecular weight is 257 g/mol. The fourth-order valence-electron chi connectivity index (χ4n) is 1.41. The van der Waals surface area contributed by atoms with Crippen molar-refractivity contribution in [2.24, 2.45) is 11.7 Å². The average Bonchev–Trinajstić information content (AvgIpc) is 2.39. The van der Waals surface area contributed by atoms with Crippen LogP contribution in [0.2, 0.25) is 5.02 Å². The van der Waals surface area contributed by atoms with Gasteiger partial charge in [0.2, 0.25) is 0 Å². The first-order valence-electron chi connectivity index (χ1n) is 5.06. The van der Waals surface area contributed by atoms with Crippen molar-refractivity contribution in [2.75, 3.05) is 0 Å². The molecule has 88 valence electrons. The molecule has 0 amide bonds. The van der Waals surface area contributed by atoms with E-state index >= 15 is 0 Å². The normalized spacial score (nSPS) is 10.6. The summed E-state index contributed by atoms with van der Waals surface area (Å²) in [6.07, 6.45) is 0.340. The molecule has 1 aromatic carbocycles. The molecule has 0 aliphatic rings. The number of rotatable bonds is 3. The molecule has 0 fully saturated rings. The number of hydrogen-bond acceptors (Lipinski definition) is 4. The number of allylic oxidation sites excluding steroid dienone is 2. The standard InChI is InChI=1S/C13H9ClN4/c14-12-3-1-9(2-4-12)5-10(6-15)13(18)11(7-16)8-17/h1-4,10H,5,18H2. The fourth-order valence-corrected chi connectivity index (χ4v) is 1.54. The SMILES string of the molecule is N#CC(C#N)=C(N)C(C#N)Cc1ccc(Cl)cc1. The molecule has 1 rings (SSSR count). The van der Waals surface area contributed by atoms with E-state index in [9.17, 15) is 0 Å². The third kappa shape index (κ3) is 3.25. The minimum atomic E-state index is -0.694. The third-order valence-corrected chi connectivity index (χ3v) is 2.65. The van der Waals surface area contributed by atoms with Crippen LogP contribution in [0.3, 0.4) is 0 Å². The number of halogens is 1. The van der Waals surface area contributed by atoms with E-state index in [0.29, 0.717) is 11.4 Å². The maximum absolute atomic E-state index is 9.04.